The summed E-state index contributed by atoms with van der Waals surface area (Å²) in [6, 6.07) is 1.25. The number of nitrogens with one attached hydrogen (secondary N) is 1. The van der Waals surface area contributed by atoms with Crippen LogP contribution in [0.1, 0.15) is 59.6 Å². The molecule has 1 heterocycles. The van der Waals surface area contributed by atoms with Crippen molar-refractivity contribution in [3.8, 4) is 0 Å². The zero-order chi connectivity index (χ0) is 21.8. The minimum absolute atomic E-state index is 0.0392. The first-order valence-corrected chi connectivity index (χ1v) is 12.4. The standard InChI is InChI=1S/C20H35FN2O4Si/c1-19(2,3)26-18(25)23-13-16(27-28(7,8)20(4,5)6)10-17(24)14-9-15(21)12-22-11-14/h9,11-12,16-17,24H,10,13H2,1-8H3,(H,23,25)/t16-,17?/m1/s1. The molecule has 1 aromatic rings. The Hall–Kier alpha value is -1.51. The maximum Gasteiger partial charge on any atom is 0.407 e. The van der Waals surface area contributed by atoms with E-state index >= 15 is 0 Å². The highest BCUT2D eigenvalue weighted by molar-refractivity contribution is 6.74. The second kappa shape index (κ2) is 9.32. The molecule has 2 atom stereocenters. The molecule has 1 rings (SSSR count). The predicted molar refractivity (Wildman–Crippen MR) is 110 cm³/mol. The fourth-order valence-corrected chi connectivity index (χ4v) is 3.64. The number of pyridine rings is 1. The van der Waals surface area contributed by atoms with Crippen molar-refractivity contribution in [3.63, 3.8) is 0 Å². The van der Waals surface area contributed by atoms with Gasteiger partial charge in [0.25, 0.3) is 0 Å². The third kappa shape index (κ3) is 8.24. The van der Waals surface area contributed by atoms with E-state index < -0.39 is 38.0 Å². The molecule has 2 N–H and O–H groups in total. The van der Waals surface area contributed by atoms with E-state index in [0.717, 1.165) is 6.20 Å². The SMILES string of the molecule is CC(C)(C)OC(=O)NC[C@@H](CC(O)c1cncc(F)c1)O[Si](C)(C)C(C)(C)C. The lowest BCUT2D eigenvalue weighted by Crippen LogP contribution is -2.47. The first-order chi connectivity index (χ1) is 12.6. The summed E-state index contributed by atoms with van der Waals surface area (Å²) in [4.78, 5) is 15.8. The van der Waals surface area contributed by atoms with Gasteiger partial charge in [0.05, 0.1) is 18.4 Å². The number of carbonyl (C=O) groups excluding carboxylic acids is 1. The Balaban J connectivity index is 2.89. The third-order valence-corrected chi connectivity index (χ3v) is 9.27. The van der Waals surface area contributed by atoms with Crippen molar-refractivity contribution in [1.82, 2.24) is 10.3 Å². The van der Waals surface area contributed by atoms with Gasteiger partial charge in [-0.2, -0.15) is 0 Å². The van der Waals surface area contributed by atoms with Gasteiger partial charge in [0.2, 0.25) is 0 Å². The number of hydrogen-bond acceptors (Lipinski definition) is 5. The number of carbonyl (C=O) groups is 1. The van der Waals surface area contributed by atoms with Crippen molar-refractivity contribution >= 4 is 14.4 Å². The molecule has 28 heavy (non-hydrogen) atoms. The van der Waals surface area contributed by atoms with Crippen molar-refractivity contribution in [2.45, 2.75) is 83.9 Å². The van der Waals surface area contributed by atoms with Crippen LogP contribution in [0.25, 0.3) is 0 Å². The molecule has 0 aromatic carbocycles. The lowest BCUT2D eigenvalue weighted by molar-refractivity contribution is 0.0453. The number of ether oxygens (including phenoxy) is 1. The average Bonchev–Trinajstić information content (AvgIpc) is 2.49. The van der Waals surface area contributed by atoms with Crippen LogP contribution in [0.4, 0.5) is 9.18 Å². The van der Waals surface area contributed by atoms with E-state index in [1.54, 1.807) is 20.8 Å². The summed E-state index contributed by atoms with van der Waals surface area (Å²) in [5.74, 6) is -0.509. The summed E-state index contributed by atoms with van der Waals surface area (Å²) >= 11 is 0. The molecule has 0 fully saturated rings. The van der Waals surface area contributed by atoms with Gasteiger partial charge >= 0.3 is 6.09 Å². The van der Waals surface area contributed by atoms with Gasteiger partial charge in [-0.15, -0.1) is 0 Å². The average molecular weight is 415 g/mol. The Morgan fingerprint density at radius 3 is 2.36 bits per heavy atom. The highest BCUT2D eigenvalue weighted by Gasteiger charge is 2.39. The summed E-state index contributed by atoms with van der Waals surface area (Å²) in [6.45, 7) is 16.1. The van der Waals surface area contributed by atoms with Gasteiger partial charge in [-0.25, -0.2) is 9.18 Å². The molecule has 0 aliphatic rings. The van der Waals surface area contributed by atoms with Gasteiger partial charge in [0.1, 0.15) is 11.4 Å². The van der Waals surface area contributed by atoms with E-state index in [4.69, 9.17) is 9.16 Å². The molecule has 1 unspecified atom stereocenters. The normalized spacial score (nSPS) is 15.1. The molecule has 0 saturated heterocycles. The van der Waals surface area contributed by atoms with Gasteiger partial charge in [-0.05, 0) is 45.0 Å². The van der Waals surface area contributed by atoms with Gasteiger partial charge < -0.3 is 19.6 Å². The first-order valence-electron chi connectivity index (χ1n) is 9.54. The molecule has 0 aliphatic carbocycles. The molecule has 0 bridgehead atoms. The van der Waals surface area contributed by atoms with Crippen molar-refractivity contribution in [2.24, 2.45) is 0 Å². The topological polar surface area (TPSA) is 80.7 Å². The first kappa shape index (κ1) is 24.5. The molecule has 0 aliphatic heterocycles. The van der Waals surface area contributed by atoms with Crippen LogP contribution in [0, 0.1) is 5.82 Å². The monoisotopic (exact) mass is 414 g/mol. The van der Waals surface area contributed by atoms with Crippen LogP contribution in [0.2, 0.25) is 18.1 Å². The molecule has 0 spiro atoms. The van der Waals surface area contributed by atoms with Gasteiger partial charge in [-0.1, -0.05) is 20.8 Å². The Morgan fingerprint density at radius 2 is 1.86 bits per heavy atom. The number of aliphatic hydroxyl groups is 1. The zero-order valence-electron chi connectivity index (χ0n) is 18.3. The Labute approximate surface area is 169 Å². The second-order valence-electron chi connectivity index (χ2n) is 9.57. The molecule has 1 aromatic heterocycles. The number of alkyl carbamates (subject to hydrolysis) is 1. The Morgan fingerprint density at radius 1 is 1.25 bits per heavy atom. The van der Waals surface area contributed by atoms with Crippen LogP contribution < -0.4 is 5.32 Å². The number of aromatic nitrogens is 1. The van der Waals surface area contributed by atoms with Crippen LogP contribution in [-0.2, 0) is 9.16 Å². The molecule has 0 saturated carbocycles. The number of nitrogens with zero attached hydrogens (tertiary/aromatic N) is 1. The van der Waals surface area contributed by atoms with E-state index in [1.165, 1.54) is 12.3 Å². The second-order valence-corrected chi connectivity index (χ2v) is 14.3. The van der Waals surface area contributed by atoms with E-state index in [-0.39, 0.29) is 18.0 Å². The third-order valence-electron chi connectivity index (χ3n) is 4.74. The van der Waals surface area contributed by atoms with E-state index in [2.05, 4.69) is 44.2 Å². The molecular formula is C20H35FN2O4Si. The molecule has 1 amide bonds. The summed E-state index contributed by atoms with van der Waals surface area (Å²) in [5.41, 5.74) is -0.229. The number of hydrogen-bond donors (Lipinski definition) is 2. The van der Waals surface area contributed by atoms with Crippen LogP contribution in [-0.4, -0.2) is 42.8 Å². The molecule has 8 heteroatoms. The quantitative estimate of drug-likeness (QED) is 0.639. The van der Waals surface area contributed by atoms with Crippen molar-refractivity contribution in [2.75, 3.05) is 6.54 Å². The maximum atomic E-state index is 13.4. The fraction of sp³-hybridized carbons (Fsp3) is 0.700. The Kier molecular flexibility index (Phi) is 8.17. The lowest BCUT2D eigenvalue weighted by atomic mass is 10.1. The minimum atomic E-state index is -2.16. The molecule has 0 radical (unpaired) electrons. The van der Waals surface area contributed by atoms with E-state index in [9.17, 15) is 14.3 Å². The van der Waals surface area contributed by atoms with E-state index in [1.807, 2.05) is 0 Å². The number of rotatable bonds is 7. The fourth-order valence-electron chi connectivity index (χ4n) is 2.27. The number of halogens is 1. The largest absolute Gasteiger partial charge is 0.444 e. The summed E-state index contributed by atoms with van der Waals surface area (Å²) < 4.78 is 25.1. The highest BCUT2D eigenvalue weighted by atomic mass is 28.4. The lowest BCUT2D eigenvalue weighted by Gasteiger charge is -2.39. The zero-order valence-corrected chi connectivity index (χ0v) is 19.3. The van der Waals surface area contributed by atoms with Crippen LogP contribution in [0.15, 0.2) is 18.5 Å². The van der Waals surface area contributed by atoms with Crippen LogP contribution in [0.5, 0.6) is 0 Å². The Bertz CT molecular complexity index is 656. The molecular weight excluding hydrogens is 379 g/mol. The van der Waals surface area contributed by atoms with Gasteiger partial charge in [0.15, 0.2) is 8.32 Å². The predicted octanol–water partition coefficient (Wildman–Crippen LogP) is 4.56. The van der Waals surface area contributed by atoms with Crippen LogP contribution >= 0.6 is 0 Å². The number of aliphatic hydroxyl groups excluding tert-OH is 1. The minimum Gasteiger partial charge on any atom is -0.444 e. The molecule has 6 nitrogen and oxygen atoms in total. The van der Waals surface area contributed by atoms with E-state index in [0.29, 0.717) is 5.56 Å². The van der Waals surface area contributed by atoms with Crippen LogP contribution in [0.3, 0.4) is 0 Å². The molecule has 160 valence electrons. The summed E-state index contributed by atoms with van der Waals surface area (Å²) in [5, 5.41) is 13.2. The smallest absolute Gasteiger partial charge is 0.407 e. The van der Waals surface area contributed by atoms with Gasteiger partial charge in [0, 0.05) is 24.7 Å². The number of amides is 1. The maximum absolute atomic E-state index is 13.4. The highest BCUT2D eigenvalue weighted by Crippen LogP contribution is 2.38. The van der Waals surface area contributed by atoms with Crippen molar-refractivity contribution in [1.29, 1.82) is 0 Å². The summed E-state index contributed by atoms with van der Waals surface area (Å²) in [6.07, 6.45) is 0.763. The van der Waals surface area contributed by atoms with Crippen molar-refractivity contribution < 1.29 is 23.5 Å². The van der Waals surface area contributed by atoms with Gasteiger partial charge in [-0.3, -0.25) is 4.98 Å². The summed E-state index contributed by atoms with van der Waals surface area (Å²) in [7, 11) is -2.16. The van der Waals surface area contributed by atoms with Crippen molar-refractivity contribution in [3.05, 3.63) is 29.8 Å².